The van der Waals surface area contributed by atoms with Crippen LogP contribution in [-0.2, 0) is 24.1 Å². The van der Waals surface area contributed by atoms with Crippen LogP contribution in [0, 0.1) is 6.92 Å². The third-order valence-electron chi connectivity index (χ3n) is 3.91. The Hall–Kier alpha value is -2.06. The molecule has 0 aliphatic carbocycles. The second kappa shape index (κ2) is 5.98. The van der Waals surface area contributed by atoms with Crippen molar-refractivity contribution in [3.05, 3.63) is 76.0 Å². The molecule has 0 spiro atoms. The van der Waals surface area contributed by atoms with Crippen LogP contribution in [0.25, 0.3) is 0 Å². The average molecular weight is 312 g/mol. The standard InChI is InChI=1S/C19H18ClNO/c1-12-7-14(3-5-18(12)20)10-17(22)11-15-4-6-19-16(9-15)8-13(2)21-19/h3-7,9,21H,2,8,10-11H2,1H3. The molecule has 0 amide bonds. The number of hydrogen-bond donors (Lipinski definition) is 1. The van der Waals surface area contributed by atoms with Gasteiger partial charge in [0.25, 0.3) is 0 Å². The summed E-state index contributed by atoms with van der Waals surface area (Å²) in [4.78, 5) is 12.3. The zero-order chi connectivity index (χ0) is 15.7. The van der Waals surface area contributed by atoms with Crippen molar-refractivity contribution >= 4 is 23.1 Å². The first-order chi connectivity index (χ1) is 10.5. The van der Waals surface area contributed by atoms with Gasteiger partial charge in [-0.25, -0.2) is 0 Å². The van der Waals surface area contributed by atoms with Crippen molar-refractivity contribution in [1.82, 2.24) is 0 Å². The highest BCUT2D eigenvalue weighted by atomic mass is 35.5. The van der Waals surface area contributed by atoms with Gasteiger partial charge >= 0.3 is 0 Å². The first-order valence-electron chi connectivity index (χ1n) is 7.34. The van der Waals surface area contributed by atoms with Crippen molar-refractivity contribution in [2.24, 2.45) is 0 Å². The molecule has 22 heavy (non-hydrogen) atoms. The Morgan fingerprint density at radius 3 is 2.59 bits per heavy atom. The Balaban J connectivity index is 1.68. The van der Waals surface area contributed by atoms with Crippen molar-refractivity contribution < 1.29 is 4.79 Å². The van der Waals surface area contributed by atoms with E-state index in [0.717, 1.165) is 39.5 Å². The molecular weight excluding hydrogens is 294 g/mol. The van der Waals surface area contributed by atoms with Gasteiger partial charge in [0.2, 0.25) is 0 Å². The Kier molecular flexibility index (Phi) is 4.04. The molecule has 2 nitrogen and oxygen atoms in total. The fraction of sp³-hybridized carbons (Fsp3) is 0.211. The van der Waals surface area contributed by atoms with Crippen molar-refractivity contribution in [1.29, 1.82) is 0 Å². The molecule has 0 saturated heterocycles. The summed E-state index contributed by atoms with van der Waals surface area (Å²) in [6.45, 7) is 5.90. The fourth-order valence-corrected chi connectivity index (χ4v) is 2.94. The molecule has 2 aromatic rings. The van der Waals surface area contributed by atoms with E-state index in [2.05, 4.69) is 18.0 Å². The zero-order valence-corrected chi connectivity index (χ0v) is 13.3. The minimum absolute atomic E-state index is 0.214. The van der Waals surface area contributed by atoms with Gasteiger partial charge in [-0.3, -0.25) is 4.79 Å². The van der Waals surface area contributed by atoms with Gasteiger partial charge in [-0.15, -0.1) is 0 Å². The number of ketones is 1. The molecule has 1 aliphatic heterocycles. The monoisotopic (exact) mass is 311 g/mol. The molecule has 0 radical (unpaired) electrons. The van der Waals surface area contributed by atoms with Gasteiger partial charge in [0.05, 0.1) is 0 Å². The summed E-state index contributed by atoms with van der Waals surface area (Å²) in [7, 11) is 0. The predicted octanol–water partition coefficient (Wildman–Crippen LogP) is 4.48. The number of anilines is 1. The van der Waals surface area contributed by atoms with Crippen LogP contribution in [0.3, 0.4) is 0 Å². The normalized spacial score (nSPS) is 12.9. The van der Waals surface area contributed by atoms with Crippen molar-refractivity contribution in [2.75, 3.05) is 5.32 Å². The fourth-order valence-electron chi connectivity index (χ4n) is 2.82. The molecule has 1 heterocycles. The van der Waals surface area contributed by atoms with E-state index in [4.69, 9.17) is 11.6 Å². The Morgan fingerprint density at radius 1 is 1.18 bits per heavy atom. The van der Waals surface area contributed by atoms with E-state index >= 15 is 0 Å². The number of aryl methyl sites for hydroxylation is 1. The summed E-state index contributed by atoms with van der Waals surface area (Å²) in [6.07, 6.45) is 1.75. The van der Waals surface area contributed by atoms with Gasteiger partial charge in [-0.1, -0.05) is 42.4 Å². The number of carbonyl (C=O) groups excluding carboxylic acids is 1. The minimum Gasteiger partial charge on any atom is -0.359 e. The molecule has 112 valence electrons. The van der Waals surface area contributed by atoms with Crippen LogP contribution in [0.4, 0.5) is 5.69 Å². The molecule has 0 bridgehead atoms. The van der Waals surface area contributed by atoms with Crippen LogP contribution in [0.2, 0.25) is 5.02 Å². The second-order valence-corrected chi connectivity index (χ2v) is 6.28. The predicted molar refractivity (Wildman–Crippen MR) is 91.5 cm³/mol. The lowest BCUT2D eigenvalue weighted by atomic mass is 9.99. The number of benzene rings is 2. The van der Waals surface area contributed by atoms with Crippen LogP contribution in [-0.4, -0.2) is 5.78 Å². The minimum atomic E-state index is 0.214. The van der Waals surface area contributed by atoms with E-state index in [1.165, 1.54) is 5.56 Å². The maximum Gasteiger partial charge on any atom is 0.141 e. The highest BCUT2D eigenvalue weighted by Gasteiger charge is 2.14. The maximum absolute atomic E-state index is 12.3. The molecule has 3 rings (SSSR count). The van der Waals surface area contributed by atoms with Crippen LogP contribution in [0.1, 0.15) is 22.3 Å². The van der Waals surface area contributed by atoms with E-state index in [-0.39, 0.29) is 5.78 Å². The lowest BCUT2D eigenvalue weighted by Crippen LogP contribution is -2.07. The van der Waals surface area contributed by atoms with E-state index in [9.17, 15) is 4.79 Å². The molecule has 0 aromatic heterocycles. The van der Waals surface area contributed by atoms with Crippen LogP contribution < -0.4 is 5.32 Å². The number of nitrogens with one attached hydrogen (secondary N) is 1. The third kappa shape index (κ3) is 3.23. The van der Waals surface area contributed by atoms with Crippen molar-refractivity contribution in [2.45, 2.75) is 26.2 Å². The van der Waals surface area contributed by atoms with Gasteiger partial charge in [-0.05, 0) is 41.3 Å². The number of hydrogen-bond acceptors (Lipinski definition) is 2. The van der Waals surface area contributed by atoms with E-state index in [1.807, 2.05) is 37.3 Å². The molecule has 0 fully saturated rings. The summed E-state index contributed by atoms with van der Waals surface area (Å²) >= 11 is 6.01. The van der Waals surface area contributed by atoms with Crippen molar-refractivity contribution in [3.8, 4) is 0 Å². The van der Waals surface area contributed by atoms with E-state index in [0.29, 0.717) is 12.8 Å². The number of carbonyl (C=O) groups is 1. The number of fused-ring (bicyclic) bond motifs is 1. The molecule has 0 unspecified atom stereocenters. The summed E-state index contributed by atoms with van der Waals surface area (Å²) < 4.78 is 0. The van der Waals surface area contributed by atoms with Gasteiger partial charge in [0, 0.05) is 35.7 Å². The lowest BCUT2D eigenvalue weighted by Gasteiger charge is -2.06. The summed E-state index contributed by atoms with van der Waals surface area (Å²) in [5, 5.41) is 3.98. The summed E-state index contributed by atoms with van der Waals surface area (Å²) in [6, 6.07) is 11.9. The van der Waals surface area contributed by atoms with Gasteiger partial charge in [0.1, 0.15) is 5.78 Å². The van der Waals surface area contributed by atoms with Gasteiger partial charge < -0.3 is 5.32 Å². The Labute approximate surface area is 135 Å². The molecule has 2 aromatic carbocycles. The smallest absolute Gasteiger partial charge is 0.141 e. The largest absolute Gasteiger partial charge is 0.359 e. The summed E-state index contributed by atoms with van der Waals surface area (Å²) in [5.41, 5.74) is 6.42. The number of allylic oxidation sites excluding steroid dienone is 1. The number of halogens is 1. The lowest BCUT2D eigenvalue weighted by molar-refractivity contribution is -0.117. The topological polar surface area (TPSA) is 29.1 Å². The molecule has 0 saturated carbocycles. The van der Waals surface area contributed by atoms with E-state index < -0.39 is 0 Å². The maximum atomic E-state index is 12.3. The molecule has 3 heteroatoms. The summed E-state index contributed by atoms with van der Waals surface area (Å²) in [5.74, 6) is 0.214. The van der Waals surface area contributed by atoms with Crippen LogP contribution in [0.15, 0.2) is 48.7 Å². The van der Waals surface area contributed by atoms with E-state index in [1.54, 1.807) is 0 Å². The zero-order valence-electron chi connectivity index (χ0n) is 12.6. The highest BCUT2D eigenvalue weighted by molar-refractivity contribution is 6.31. The quantitative estimate of drug-likeness (QED) is 0.901. The van der Waals surface area contributed by atoms with Crippen LogP contribution in [0.5, 0.6) is 0 Å². The van der Waals surface area contributed by atoms with Crippen LogP contribution >= 0.6 is 11.6 Å². The number of rotatable bonds is 4. The molecular formula is C19H18ClNO. The molecule has 0 atom stereocenters. The average Bonchev–Trinajstić information content (AvgIpc) is 2.82. The first-order valence-corrected chi connectivity index (χ1v) is 7.72. The SMILES string of the molecule is C=C1Cc2cc(CC(=O)Cc3ccc(Cl)c(C)c3)ccc2N1. The first kappa shape index (κ1) is 14.9. The van der Waals surface area contributed by atoms with Gasteiger partial charge in [-0.2, -0.15) is 0 Å². The Bertz CT molecular complexity index is 764. The third-order valence-corrected chi connectivity index (χ3v) is 4.33. The highest BCUT2D eigenvalue weighted by Crippen LogP contribution is 2.28. The number of Topliss-reactive ketones (excluding diaryl/α,β-unsaturated/α-hetero) is 1. The molecule has 1 aliphatic rings. The molecule has 1 N–H and O–H groups in total. The Morgan fingerprint density at radius 2 is 1.86 bits per heavy atom. The van der Waals surface area contributed by atoms with Gasteiger partial charge in [0.15, 0.2) is 0 Å². The van der Waals surface area contributed by atoms with Crippen molar-refractivity contribution in [3.63, 3.8) is 0 Å². The second-order valence-electron chi connectivity index (χ2n) is 5.87.